The Morgan fingerprint density at radius 3 is 2.85 bits per heavy atom. The van der Waals surface area contributed by atoms with Crippen LogP contribution in [0, 0.1) is 5.92 Å². The van der Waals surface area contributed by atoms with E-state index in [1.807, 2.05) is 13.0 Å². The van der Waals surface area contributed by atoms with E-state index in [9.17, 15) is 5.11 Å². The van der Waals surface area contributed by atoms with Crippen molar-refractivity contribution in [1.82, 2.24) is 0 Å². The summed E-state index contributed by atoms with van der Waals surface area (Å²) >= 11 is 3.45. The molecule has 3 unspecified atom stereocenters. The predicted molar refractivity (Wildman–Crippen MR) is 56.7 cm³/mol. The van der Waals surface area contributed by atoms with Crippen molar-refractivity contribution in [2.45, 2.75) is 25.4 Å². The van der Waals surface area contributed by atoms with Crippen LogP contribution in [0.15, 0.2) is 28.7 Å². The molecule has 1 aliphatic carbocycles. The number of aliphatic hydroxyl groups excluding tert-OH is 1. The molecule has 2 rings (SSSR count). The van der Waals surface area contributed by atoms with Crippen LogP contribution in [-0.2, 0) is 0 Å². The molecule has 0 aliphatic heterocycles. The van der Waals surface area contributed by atoms with Gasteiger partial charge in [-0.15, -0.1) is 0 Å². The maximum absolute atomic E-state index is 9.38. The fourth-order valence-electron chi connectivity index (χ4n) is 1.87. The van der Waals surface area contributed by atoms with E-state index in [1.165, 1.54) is 5.56 Å². The maximum atomic E-state index is 9.38. The van der Waals surface area contributed by atoms with Crippen molar-refractivity contribution in [1.29, 1.82) is 0 Å². The van der Waals surface area contributed by atoms with Crippen LogP contribution in [0.2, 0.25) is 0 Å². The molecular weight excluding hydrogens is 228 g/mol. The van der Waals surface area contributed by atoms with Crippen molar-refractivity contribution in [2.24, 2.45) is 5.92 Å². The lowest BCUT2D eigenvalue weighted by molar-refractivity contribution is 0.169. The highest BCUT2D eigenvalue weighted by Gasteiger charge is 2.41. The zero-order valence-electron chi connectivity index (χ0n) is 7.57. The average molecular weight is 241 g/mol. The maximum Gasteiger partial charge on any atom is 0.0546 e. The number of benzene rings is 1. The summed E-state index contributed by atoms with van der Waals surface area (Å²) in [7, 11) is 0. The molecule has 0 heterocycles. The summed E-state index contributed by atoms with van der Waals surface area (Å²) in [5.74, 6) is 1.06. The molecule has 1 aromatic carbocycles. The molecule has 3 atom stereocenters. The van der Waals surface area contributed by atoms with Gasteiger partial charge in [-0.05, 0) is 42.9 Å². The van der Waals surface area contributed by atoms with Gasteiger partial charge in [-0.25, -0.2) is 0 Å². The average Bonchev–Trinajstić information content (AvgIpc) is 2.82. The minimum absolute atomic E-state index is 0.163. The van der Waals surface area contributed by atoms with Crippen molar-refractivity contribution in [3.05, 3.63) is 34.3 Å². The standard InChI is InChI=1S/C11H13BrO/c1-7(13)10-6-11(10)8-3-2-4-9(12)5-8/h2-5,7,10-11,13H,6H2,1H3. The second-order valence-corrected chi connectivity index (χ2v) is 4.72. The van der Waals surface area contributed by atoms with E-state index >= 15 is 0 Å². The van der Waals surface area contributed by atoms with Crippen LogP contribution < -0.4 is 0 Å². The third kappa shape index (κ3) is 1.94. The van der Waals surface area contributed by atoms with Gasteiger partial charge in [0.2, 0.25) is 0 Å². The fourth-order valence-corrected chi connectivity index (χ4v) is 2.29. The molecule has 2 heteroatoms. The van der Waals surface area contributed by atoms with Crippen LogP contribution in [0.5, 0.6) is 0 Å². The summed E-state index contributed by atoms with van der Waals surface area (Å²) in [5, 5.41) is 9.38. The molecule has 0 bridgehead atoms. The zero-order chi connectivity index (χ0) is 9.42. The number of aliphatic hydroxyl groups is 1. The van der Waals surface area contributed by atoms with Crippen molar-refractivity contribution < 1.29 is 5.11 Å². The Morgan fingerprint density at radius 2 is 2.31 bits per heavy atom. The Kier molecular flexibility index (Phi) is 2.43. The van der Waals surface area contributed by atoms with E-state index in [0.29, 0.717) is 11.8 Å². The molecule has 0 aromatic heterocycles. The largest absolute Gasteiger partial charge is 0.393 e. The smallest absolute Gasteiger partial charge is 0.0546 e. The SMILES string of the molecule is CC(O)C1CC1c1cccc(Br)c1. The summed E-state index contributed by atoms with van der Waals surface area (Å²) < 4.78 is 1.13. The molecule has 0 amide bonds. The first-order valence-corrected chi connectivity index (χ1v) is 5.41. The third-order valence-corrected chi connectivity index (χ3v) is 3.23. The summed E-state index contributed by atoms with van der Waals surface area (Å²) in [6.07, 6.45) is 0.970. The van der Waals surface area contributed by atoms with Crippen LogP contribution in [0.4, 0.5) is 0 Å². The Balaban J connectivity index is 2.12. The van der Waals surface area contributed by atoms with Crippen LogP contribution in [0.1, 0.15) is 24.8 Å². The van der Waals surface area contributed by atoms with Gasteiger partial charge in [0.05, 0.1) is 6.10 Å². The second-order valence-electron chi connectivity index (χ2n) is 3.80. The highest BCUT2D eigenvalue weighted by atomic mass is 79.9. The van der Waals surface area contributed by atoms with Crippen LogP contribution in [0.3, 0.4) is 0 Å². The van der Waals surface area contributed by atoms with Gasteiger partial charge < -0.3 is 5.11 Å². The van der Waals surface area contributed by atoms with E-state index in [1.54, 1.807) is 0 Å². The van der Waals surface area contributed by atoms with Crippen LogP contribution in [-0.4, -0.2) is 11.2 Å². The quantitative estimate of drug-likeness (QED) is 0.843. The molecule has 0 spiro atoms. The summed E-state index contributed by atoms with van der Waals surface area (Å²) in [6, 6.07) is 8.37. The molecule has 1 nitrogen and oxygen atoms in total. The van der Waals surface area contributed by atoms with Gasteiger partial charge in [-0.2, -0.15) is 0 Å². The highest BCUT2D eigenvalue weighted by molar-refractivity contribution is 9.10. The topological polar surface area (TPSA) is 20.2 Å². The Bertz CT molecular complexity index is 309. The van der Waals surface area contributed by atoms with E-state index in [2.05, 4.69) is 34.1 Å². The van der Waals surface area contributed by atoms with E-state index in [0.717, 1.165) is 10.9 Å². The van der Waals surface area contributed by atoms with E-state index < -0.39 is 0 Å². The van der Waals surface area contributed by atoms with Gasteiger partial charge in [0.1, 0.15) is 0 Å². The van der Waals surface area contributed by atoms with E-state index in [-0.39, 0.29) is 6.10 Å². The van der Waals surface area contributed by atoms with Gasteiger partial charge in [-0.3, -0.25) is 0 Å². The van der Waals surface area contributed by atoms with Gasteiger partial charge in [-0.1, -0.05) is 28.1 Å². The summed E-state index contributed by atoms with van der Waals surface area (Å²) in [4.78, 5) is 0. The number of hydrogen-bond donors (Lipinski definition) is 1. The minimum Gasteiger partial charge on any atom is -0.393 e. The predicted octanol–water partition coefficient (Wildman–Crippen LogP) is 2.93. The molecule has 1 aliphatic rings. The van der Waals surface area contributed by atoms with Gasteiger partial charge in [0, 0.05) is 4.47 Å². The van der Waals surface area contributed by atoms with Gasteiger partial charge in [0.25, 0.3) is 0 Å². The number of hydrogen-bond acceptors (Lipinski definition) is 1. The van der Waals surface area contributed by atoms with Crippen molar-refractivity contribution in [3.8, 4) is 0 Å². The lowest BCUT2D eigenvalue weighted by Crippen LogP contribution is -2.03. The number of rotatable bonds is 2. The highest BCUT2D eigenvalue weighted by Crippen LogP contribution is 2.49. The fraction of sp³-hybridized carbons (Fsp3) is 0.455. The normalized spacial score (nSPS) is 28.5. The number of halogens is 1. The molecular formula is C11H13BrO. The Labute approximate surface area is 86.9 Å². The second kappa shape index (κ2) is 3.43. The molecule has 13 heavy (non-hydrogen) atoms. The summed E-state index contributed by atoms with van der Waals surface area (Å²) in [5.41, 5.74) is 1.35. The molecule has 0 radical (unpaired) electrons. The molecule has 70 valence electrons. The van der Waals surface area contributed by atoms with Crippen molar-refractivity contribution in [2.75, 3.05) is 0 Å². The van der Waals surface area contributed by atoms with Crippen LogP contribution in [0.25, 0.3) is 0 Å². The van der Waals surface area contributed by atoms with Crippen LogP contribution >= 0.6 is 15.9 Å². The Hall–Kier alpha value is -0.340. The lowest BCUT2D eigenvalue weighted by Gasteiger charge is -2.03. The summed E-state index contributed by atoms with van der Waals surface area (Å²) in [6.45, 7) is 1.88. The van der Waals surface area contributed by atoms with Gasteiger partial charge >= 0.3 is 0 Å². The molecule has 1 saturated carbocycles. The zero-order valence-corrected chi connectivity index (χ0v) is 9.16. The first-order chi connectivity index (χ1) is 6.18. The van der Waals surface area contributed by atoms with E-state index in [4.69, 9.17) is 0 Å². The van der Waals surface area contributed by atoms with Crippen molar-refractivity contribution in [3.63, 3.8) is 0 Å². The van der Waals surface area contributed by atoms with Gasteiger partial charge in [0.15, 0.2) is 0 Å². The molecule has 0 saturated heterocycles. The molecule has 1 fully saturated rings. The molecule has 1 N–H and O–H groups in total. The molecule has 1 aromatic rings. The monoisotopic (exact) mass is 240 g/mol. The van der Waals surface area contributed by atoms with Crippen molar-refractivity contribution >= 4 is 15.9 Å². The first-order valence-electron chi connectivity index (χ1n) is 4.62. The Morgan fingerprint density at radius 1 is 1.54 bits per heavy atom. The minimum atomic E-state index is -0.163. The third-order valence-electron chi connectivity index (χ3n) is 2.74. The lowest BCUT2D eigenvalue weighted by atomic mass is 10.1. The first kappa shape index (κ1) is 9.22.